The molecule has 0 amide bonds. The molecule has 0 heterocycles. The number of benzene rings is 6. The van der Waals surface area contributed by atoms with Gasteiger partial charge in [-0.3, -0.25) is 0 Å². The number of nitrogens with two attached hydrogens (primary N) is 2. The lowest BCUT2D eigenvalue weighted by atomic mass is 10.1. The molecular weight excluding hydrogens is 687 g/mol. The average Bonchev–Trinajstić information content (AvgIpc) is 3.07. The van der Waals surface area contributed by atoms with E-state index in [1.807, 2.05) is 30.3 Å². The molecule has 6 aromatic carbocycles. The SMILES string of the molecule is NC(=Nc1ccc(F)c2ccccc12)Nc1ccc(F)c(C(F)(F)F)c1.NC(=Nc1cccc2ccccc12)Nc1ccc(F)c(C(F)(F)F)c1. The summed E-state index contributed by atoms with van der Waals surface area (Å²) in [6, 6.07) is 27.1. The second kappa shape index (κ2) is 14.7. The summed E-state index contributed by atoms with van der Waals surface area (Å²) >= 11 is 0. The maximum Gasteiger partial charge on any atom is 0.419 e. The maximum absolute atomic E-state index is 13.8. The van der Waals surface area contributed by atoms with Crippen LogP contribution in [0.2, 0.25) is 0 Å². The molecule has 0 fully saturated rings. The number of halogens is 9. The summed E-state index contributed by atoms with van der Waals surface area (Å²) in [6.07, 6.45) is -9.62. The summed E-state index contributed by atoms with van der Waals surface area (Å²) in [7, 11) is 0. The van der Waals surface area contributed by atoms with Gasteiger partial charge in [-0.2, -0.15) is 26.3 Å². The van der Waals surface area contributed by atoms with Crippen LogP contribution in [-0.2, 0) is 12.4 Å². The number of nitrogens with one attached hydrogen (secondary N) is 2. The lowest BCUT2D eigenvalue weighted by Crippen LogP contribution is -2.22. The average molecular weight is 713 g/mol. The Balaban J connectivity index is 0.000000198. The summed E-state index contributed by atoms with van der Waals surface area (Å²) in [5.41, 5.74) is 9.57. The molecule has 6 nitrogen and oxygen atoms in total. The molecular formula is C36H25F9N6. The molecule has 0 saturated heterocycles. The van der Waals surface area contributed by atoms with Crippen molar-refractivity contribution >= 4 is 56.2 Å². The van der Waals surface area contributed by atoms with Crippen LogP contribution in [0.1, 0.15) is 11.1 Å². The van der Waals surface area contributed by atoms with Gasteiger partial charge in [0.25, 0.3) is 0 Å². The Kier molecular flexibility index (Phi) is 10.4. The molecule has 6 aromatic rings. The van der Waals surface area contributed by atoms with Crippen molar-refractivity contribution in [3.63, 3.8) is 0 Å². The number of fused-ring (bicyclic) bond motifs is 2. The minimum absolute atomic E-state index is 0.00443. The Morgan fingerprint density at radius 2 is 0.902 bits per heavy atom. The van der Waals surface area contributed by atoms with Gasteiger partial charge in [-0.05, 0) is 60.0 Å². The second-order valence-corrected chi connectivity index (χ2v) is 10.7. The van der Waals surface area contributed by atoms with Crippen molar-refractivity contribution in [2.24, 2.45) is 21.5 Å². The molecule has 15 heteroatoms. The summed E-state index contributed by atoms with van der Waals surface area (Å²) < 4.78 is 117. The summed E-state index contributed by atoms with van der Waals surface area (Å²) in [6.45, 7) is 0. The molecule has 51 heavy (non-hydrogen) atoms. The molecule has 0 aromatic heterocycles. The van der Waals surface area contributed by atoms with Crippen LogP contribution in [0.4, 0.5) is 62.3 Å². The minimum atomic E-state index is -4.83. The van der Waals surface area contributed by atoms with Gasteiger partial charge in [0.05, 0.1) is 22.5 Å². The standard InChI is InChI=1S/C18H12F5N3.C18H13F4N3/c19-14-7-8-16(12-4-2-1-3-11(12)14)26-17(24)25-10-5-6-15(20)13(9-10)18(21,22)23;19-15-9-8-12(10-14(15)18(20,21)22)24-17(23)25-16-7-3-5-11-4-1-2-6-13(11)16/h1-9H,(H3,24,25,26);1-10H,(H3,23,24,25). The predicted octanol–water partition coefficient (Wildman–Crippen LogP) is 10.3. The van der Waals surface area contributed by atoms with E-state index in [0.29, 0.717) is 40.3 Å². The van der Waals surface area contributed by atoms with Gasteiger partial charge in [0.1, 0.15) is 17.5 Å². The third kappa shape index (κ3) is 8.86. The first-order valence-corrected chi connectivity index (χ1v) is 14.7. The van der Waals surface area contributed by atoms with E-state index in [1.54, 1.807) is 36.4 Å². The molecule has 0 aliphatic heterocycles. The first kappa shape index (κ1) is 36.0. The lowest BCUT2D eigenvalue weighted by Gasteiger charge is -2.11. The van der Waals surface area contributed by atoms with Crippen LogP contribution >= 0.6 is 0 Å². The molecule has 0 unspecified atom stereocenters. The van der Waals surface area contributed by atoms with Gasteiger partial charge in [-0.15, -0.1) is 0 Å². The highest BCUT2D eigenvalue weighted by atomic mass is 19.4. The monoisotopic (exact) mass is 712 g/mol. The summed E-state index contributed by atoms with van der Waals surface area (Å²) in [5.74, 6) is -3.48. The van der Waals surface area contributed by atoms with Crippen LogP contribution in [0, 0.1) is 17.5 Å². The van der Waals surface area contributed by atoms with Crippen LogP contribution in [0.25, 0.3) is 21.5 Å². The molecule has 6 N–H and O–H groups in total. The van der Waals surface area contributed by atoms with E-state index in [2.05, 4.69) is 20.6 Å². The van der Waals surface area contributed by atoms with E-state index in [1.165, 1.54) is 12.1 Å². The van der Waals surface area contributed by atoms with E-state index in [-0.39, 0.29) is 23.3 Å². The van der Waals surface area contributed by atoms with Gasteiger partial charge in [0.15, 0.2) is 11.9 Å². The quantitative estimate of drug-likeness (QED) is 0.0831. The normalized spacial score (nSPS) is 12.4. The van der Waals surface area contributed by atoms with Crippen molar-refractivity contribution in [3.05, 3.63) is 144 Å². The van der Waals surface area contributed by atoms with Gasteiger partial charge in [0, 0.05) is 27.5 Å². The first-order valence-electron chi connectivity index (χ1n) is 14.7. The number of alkyl halides is 6. The van der Waals surface area contributed by atoms with Crippen molar-refractivity contribution < 1.29 is 39.5 Å². The van der Waals surface area contributed by atoms with Gasteiger partial charge >= 0.3 is 12.4 Å². The van der Waals surface area contributed by atoms with E-state index in [4.69, 9.17) is 11.5 Å². The zero-order valence-corrected chi connectivity index (χ0v) is 25.9. The van der Waals surface area contributed by atoms with E-state index in [9.17, 15) is 39.5 Å². The Labute approximate surface area is 283 Å². The van der Waals surface area contributed by atoms with Gasteiger partial charge < -0.3 is 22.1 Å². The molecule has 0 spiro atoms. The Hall–Kier alpha value is -6.25. The van der Waals surface area contributed by atoms with Crippen molar-refractivity contribution in [3.8, 4) is 0 Å². The number of hydrogen-bond acceptors (Lipinski definition) is 2. The highest BCUT2D eigenvalue weighted by molar-refractivity contribution is 6.00. The molecule has 0 aliphatic carbocycles. The molecule has 0 atom stereocenters. The van der Waals surface area contributed by atoms with Crippen LogP contribution in [0.3, 0.4) is 0 Å². The fraction of sp³-hybridized carbons (Fsp3) is 0.0556. The van der Waals surface area contributed by atoms with Crippen molar-refractivity contribution in [1.29, 1.82) is 0 Å². The number of hydrogen-bond donors (Lipinski definition) is 4. The van der Waals surface area contributed by atoms with E-state index in [0.717, 1.165) is 29.0 Å². The minimum Gasteiger partial charge on any atom is -0.369 e. The van der Waals surface area contributed by atoms with Crippen molar-refractivity contribution in [2.45, 2.75) is 12.4 Å². The molecule has 6 rings (SSSR count). The van der Waals surface area contributed by atoms with Crippen LogP contribution < -0.4 is 22.1 Å². The van der Waals surface area contributed by atoms with Crippen LogP contribution in [0.5, 0.6) is 0 Å². The summed E-state index contributed by atoms with van der Waals surface area (Å²) in [5, 5.41) is 7.67. The molecule has 0 aliphatic rings. The van der Waals surface area contributed by atoms with E-state index < -0.39 is 40.9 Å². The van der Waals surface area contributed by atoms with Gasteiger partial charge in [-0.25, -0.2) is 23.2 Å². The Bertz CT molecular complexity index is 2260. The molecule has 0 bridgehead atoms. The zero-order chi connectivity index (χ0) is 36.9. The fourth-order valence-corrected chi connectivity index (χ4v) is 4.90. The van der Waals surface area contributed by atoms with Gasteiger partial charge in [0.2, 0.25) is 0 Å². The fourth-order valence-electron chi connectivity index (χ4n) is 4.90. The van der Waals surface area contributed by atoms with Crippen LogP contribution in [0.15, 0.2) is 125 Å². The van der Waals surface area contributed by atoms with E-state index >= 15 is 0 Å². The third-order valence-corrected chi connectivity index (χ3v) is 7.18. The van der Waals surface area contributed by atoms with Crippen molar-refractivity contribution in [1.82, 2.24) is 0 Å². The second-order valence-electron chi connectivity index (χ2n) is 10.7. The maximum atomic E-state index is 13.8. The number of aliphatic imine (C=N–C) groups is 2. The smallest absolute Gasteiger partial charge is 0.369 e. The largest absolute Gasteiger partial charge is 0.419 e. The molecule has 262 valence electrons. The number of anilines is 2. The van der Waals surface area contributed by atoms with Crippen LogP contribution in [-0.4, -0.2) is 11.9 Å². The molecule has 0 radical (unpaired) electrons. The number of nitrogens with zero attached hydrogens (tertiary/aromatic N) is 2. The Morgan fingerprint density at radius 3 is 1.43 bits per heavy atom. The topological polar surface area (TPSA) is 101 Å². The molecule has 0 saturated carbocycles. The van der Waals surface area contributed by atoms with Gasteiger partial charge in [-0.1, -0.05) is 60.7 Å². The third-order valence-electron chi connectivity index (χ3n) is 7.18. The zero-order valence-electron chi connectivity index (χ0n) is 25.9. The first-order chi connectivity index (χ1) is 24.1. The number of rotatable bonds is 4. The highest BCUT2D eigenvalue weighted by Crippen LogP contribution is 2.35. The Morgan fingerprint density at radius 1 is 0.471 bits per heavy atom. The summed E-state index contributed by atoms with van der Waals surface area (Å²) in [4.78, 5) is 8.28. The lowest BCUT2D eigenvalue weighted by molar-refractivity contribution is -0.140. The number of guanidine groups is 2. The van der Waals surface area contributed by atoms with Crippen molar-refractivity contribution in [2.75, 3.05) is 10.6 Å². The highest BCUT2D eigenvalue weighted by Gasteiger charge is 2.35. The predicted molar refractivity (Wildman–Crippen MR) is 180 cm³/mol.